The number of hydrogen-bond donors (Lipinski definition) is 1. The van der Waals surface area contributed by atoms with E-state index in [4.69, 9.17) is 4.74 Å². The highest BCUT2D eigenvalue weighted by molar-refractivity contribution is 5.54. The van der Waals surface area contributed by atoms with Crippen LogP contribution in [0.1, 0.15) is 66.8 Å². The maximum Gasteiger partial charge on any atom is 0.122 e. The first-order valence-corrected chi connectivity index (χ1v) is 13.8. The standard InChI is InChI=1S/C30H43N3O2/c1-22-10-11-25(20-29(22)34)32-17-18-33-26(21-32)8-6-9-28(33)27-12-13-30(24(3)23(27)2)35-19-7-16-31-14-4-5-15-31/h10-13,20,26,28,34H,4-9,14-19,21H2,1-3H3. The highest BCUT2D eigenvalue weighted by Gasteiger charge is 2.36. The van der Waals surface area contributed by atoms with Gasteiger partial charge in [-0.25, -0.2) is 0 Å². The molecule has 190 valence electrons. The van der Waals surface area contributed by atoms with Gasteiger partial charge in [0.2, 0.25) is 0 Å². The van der Waals surface area contributed by atoms with Crippen LogP contribution in [-0.4, -0.2) is 66.8 Å². The van der Waals surface area contributed by atoms with Crippen molar-refractivity contribution in [1.29, 1.82) is 0 Å². The number of fused-ring (bicyclic) bond motifs is 1. The Bertz CT molecular complexity index is 1020. The van der Waals surface area contributed by atoms with Crippen LogP contribution < -0.4 is 9.64 Å². The van der Waals surface area contributed by atoms with Crippen molar-refractivity contribution in [3.05, 3.63) is 52.6 Å². The molecule has 5 heteroatoms. The summed E-state index contributed by atoms with van der Waals surface area (Å²) >= 11 is 0. The minimum Gasteiger partial charge on any atom is -0.508 e. The lowest BCUT2D eigenvalue weighted by atomic mass is 9.86. The maximum atomic E-state index is 10.2. The molecule has 5 rings (SSSR count). The Morgan fingerprint density at radius 2 is 1.74 bits per heavy atom. The lowest BCUT2D eigenvalue weighted by Gasteiger charge is -2.49. The van der Waals surface area contributed by atoms with E-state index in [1.54, 1.807) is 0 Å². The summed E-state index contributed by atoms with van der Waals surface area (Å²) in [7, 11) is 0. The van der Waals surface area contributed by atoms with Gasteiger partial charge in [0.15, 0.2) is 0 Å². The number of aromatic hydroxyl groups is 1. The van der Waals surface area contributed by atoms with Gasteiger partial charge in [-0.3, -0.25) is 4.90 Å². The van der Waals surface area contributed by atoms with Gasteiger partial charge in [0.05, 0.1) is 6.61 Å². The Balaban J connectivity index is 1.23. The second-order valence-corrected chi connectivity index (χ2v) is 10.9. The monoisotopic (exact) mass is 477 g/mol. The van der Waals surface area contributed by atoms with Crippen LogP contribution in [-0.2, 0) is 0 Å². The van der Waals surface area contributed by atoms with Crippen LogP contribution in [0.3, 0.4) is 0 Å². The maximum absolute atomic E-state index is 10.2. The number of rotatable bonds is 7. The van der Waals surface area contributed by atoms with E-state index >= 15 is 0 Å². The Hall–Kier alpha value is -2.24. The number of aryl methyl sites for hydroxylation is 1. The molecular weight excluding hydrogens is 434 g/mol. The molecule has 0 aliphatic carbocycles. The average molecular weight is 478 g/mol. The highest BCUT2D eigenvalue weighted by atomic mass is 16.5. The lowest BCUT2D eigenvalue weighted by molar-refractivity contribution is 0.0712. The van der Waals surface area contributed by atoms with Crippen molar-refractivity contribution in [3.8, 4) is 11.5 Å². The number of benzene rings is 2. The summed E-state index contributed by atoms with van der Waals surface area (Å²) in [5.41, 5.74) is 6.28. The molecule has 5 nitrogen and oxygen atoms in total. The van der Waals surface area contributed by atoms with Gasteiger partial charge in [-0.1, -0.05) is 12.1 Å². The number of phenols is 1. The fraction of sp³-hybridized carbons (Fsp3) is 0.600. The molecule has 3 aliphatic heterocycles. The summed E-state index contributed by atoms with van der Waals surface area (Å²) in [4.78, 5) is 7.78. The molecule has 0 saturated carbocycles. The molecule has 2 atom stereocenters. The van der Waals surface area contributed by atoms with Crippen molar-refractivity contribution < 1.29 is 9.84 Å². The van der Waals surface area contributed by atoms with Crippen LogP contribution in [0.15, 0.2) is 30.3 Å². The van der Waals surface area contributed by atoms with E-state index in [9.17, 15) is 5.11 Å². The van der Waals surface area contributed by atoms with Gasteiger partial charge < -0.3 is 19.6 Å². The summed E-state index contributed by atoms with van der Waals surface area (Å²) < 4.78 is 6.24. The minimum atomic E-state index is 0.399. The lowest BCUT2D eigenvalue weighted by Crippen LogP contribution is -2.56. The highest BCUT2D eigenvalue weighted by Crippen LogP contribution is 2.40. The van der Waals surface area contributed by atoms with E-state index in [0.29, 0.717) is 17.8 Å². The van der Waals surface area contributed by atoms with E-state index in [2.05, 4.69) is 46.7 Å². The number of piperazine rings is 1. The third kappa shape index (κ3) is 5.31. The van der Waals surface area contributed by atoms with Crippen LogP contribution in [0, 0.1) is 20.8 Å². The molecule has 2 unspecified atom stereocenters. The van der Waals surface area contributed by atoms with Crippen LogP contribution in [0.2, 0.25) is 0 Å². The molecule has 0 bridgehead atoms. The van der Waals surface area contributed by atoms with E-state index in [0.717, 1.165) is 56.2 Å². The van der Waals surface area contributed by atoms with Crippen LogP contribution >= 0.6 is 0 Å². The van der Waals surface area contributed by atoms with Gasteiger partial charge in [0, 0.05) is 50.0 Å². The molecule has 0 aromatic heterocycles. The van der Waals surface area contributed by atoms with Crippen molar-refractivity contribution in [2.24, 2.45) is 0 Å². The summed E-state index contributed by atoms with van der Waals surface area (Å²) in [5.74, 6) is 1.46. The van der Waals surface area contributed by atoms with Crippen molar-refractivity contribution >= 4 is 5.69 Å². The molecule has 3 fully saturated rings. The zero-order valence-electron chi connectivity index (χ0n) is 21.9. The zero-order valence-corrected chi connectivity index (χ0v) is 21.9. The van der Waals surface area contributed by atoms with E-state index in [1.807, 2.05) is 19.1 Å². The van der Waals surface area contributed by atoms with Crippen LogP contribution in [0.4, 0.5) is 5.69 Å². The number of likely N-dealkylation sites (tertiary alicyclic amines) is 1. The van der Waals surface area contributed by atoms with E-state index in [1.165, 1.54) is 61.9 Å². The quantitative estimate of drug-likeness (QED) is 0.526. The summed E-state index contributed by atoms with van der Waals surface area (Å²) in [5, 5.41) is 10.2. The number of ether oxygens (including phenoxy) is 1. The van der Waals surface area contributed by atoms with Crippen LogP contribution in [0.5, 0.6) is 11.5 Å². The van der Waals surface area contributed by atoms with Gasteiger partial charge in [0.25, 0.3) is 0 Å². The van der Waals surface area contributed by atoms with E-state index < -0.39 is 0 Å². The number of nitrogens with zero attached hydrogens (tertiary/aromatic N) is 3. The third-order valence-corrected chi connectivity index (χ3v) is 8.71. The van der Waals surface area contributed by atoms with Gasteiger partial charge in [-0.05, 0) is 107 Å². The fourth-order valence-electron chi connectivity index (χ4n) is 6.42. The van der Waals surface area contributed by atoms with Gasteiger partial charge in [-0.15, -0.1) is 0 Å². The average Bonchev–Trinajstić information content (AvgIpc) is 3.39. The van der Waals surface area contributed by atoms with Gasteiger partial charge >= 0.3 is 0 Å². The Labute approximate surface area is 211 Å². The molecule has 35 heavy (non-hydrogen) atoms. The third-order valence-electron chi connectivity index (χ3n) is 8.71. The van der Waals surface area contributed by atoms with E-state index in [-0.39, 0.29) is 0 Å². The molecule has 0 spiro atoms. The minimum absolute atomic E-state index is 0.399. The molecule has 0 radical (unpaired) electrons. The molecular formula is C30H43N3O2. The normalized spacial score (nSPS) is 23.5. The molecule has 2 aromatic carbocycles. The zero-order chi connectivity index (χ0) is 24.4. The first kappa shape index (κ1) is 24.5. The van der Waals surface area contributed by atoms with Crippen molar-refractivity contribution in [2.45, 2.75) is 71.4 Å². The predicted molar refractivity (Wildman–Crippen MR) is 144 cm³/mol. The molecule has 3 heterocycles. The van der Waals surface area contributed by atoms with Crippen molar-refractivity contribution in [3.63, 3.8) is 0 Å². The second-order valence-electron chi connectivity index (χ2n) is 10.9. The first-order chi connectivity index (χ1) is 17.0. The largest absolute Gasteiger partial charge is 0.508 e. The summed E-state index contributed by atoms with van der Waals surface area (Å²) in [6.45, 7) is 14.1. The first-order valence-electron chi connectivity index (χ1n) is 13.8. The second kappa shape index (κ2) is 10.8. The Morgan fingerprint density at radius 3 is 2.54 bits per heavy atom. The van der Waals surface area contributed by atoms with Crippen LogP contribution in [0.25, 0.3) is 0 Å². The Morgan fingerprint density at radius 1 is 0.914 bits per heavy atom. The van der Waals surface area contributed by atoms with Gasteiger partial charge in [0.1, 0.15) is 11.5 Å². The molecule has 3 aliphatic rings. The number of phenolic OH excluding ortho intramolecular Hbond substituents is 1. The summed E-state index contributed by atoms with van der Waals surface area (Å²) in [6, 6.07) is 11.7. The Kier molecular flexibility index (Phi) is 7.54. The molecule has 1 N–H and O–H groups in total. The molecule has 2 aromatic rings. The topological polar surface area (TPSA) is 39.2 Å². The van der Waals surface area contributed by atoms with Crippen molar-refractivity contribution in [1.82, 2.24) is 9.80 Å². The molecule has 3 saturated heterocycles. The molecule has 0 amide bonds. The number of piperidine rings is 1. The van der Waals surface area contributed by atoms with Gasteiger partial charge in [-0.2, -0.15) is 0 Å². The number of anilines is 1. The fourth-order valence-corrected chi connectivity index (χ4v) is 6.42. The SMILES string of the molecule is Cc1ccc(N2CCN3C(CCCC3c3ccc(OCCCN4CCCC4)c(C)c3C)C2)cc1O. The smallest absolute Gasteiger partial charge is 0.122 e. The summed E-state index contributed by atoms with van der Waals surface area (Å²) in [6.07, 6.45) is 7.57. The number of hydrogen-bond acceptors (Lipinski definition) is 5. The predicted octanol–water partition coefficient (Wildman–Crippen LogP) is 5.60. The van der Waals surface area contributed by atoms with Crippen molar-refractivity contribution in [2.75, 3.05) is 50.8 Å².